The number of benzene rings is 1. The monoisotopic (exact) mass is 489 g/mol. The van der Waals surface area contributed by atoms with Gasteiger partial charge in [-0.3, -0.25) is 0 Å². The van der Waals surface area contributed by atoms with Crippen LogP contribution in [-0.2, 0) is 22.5 Å². The molecule has 0 amide bonds. The van der Waals surface area contributed by atoms with Gasteiger partial charge in [0.2, 0.25) is 5.82 Å². The lowest BCUT2D eigenvalue weighted by molar-refractivity contribution is -0.159. The van der Waals surface area contributed by atoms with Gasteiger partial charge < -0.3 is 8.92 Å². The molecule has 162 valence electrons. The molecule has 0 fully saturated rings. The smallest absolute Gasteiger partial charge is 0.329 e. The highest BCUT2D eigenvalue weighted by Gasteiger charge is 2.38. The van der Waals surface area contributed by atoms with Crippen molar-refractivity contribution in [2.45, 2.75) is 17.6 Å². The van der Waals surface area contributed by atoms with Gasteiger partial charge in [-0.15, -0.1) is 0 Å². The van der Waals surface area contributed by atoms with Crippen molar-refractivity contribution in [3.05, 3.63) is 64.4 Å². The Morgan fingerprint density at radius 1 is 1.13 bits per heavy atom. The second kappa shape index (κ2) is 7.81. The van der Waals surface area contributed by atoms with Crippen LogP contribution in [0.1, 0.15) is 11.6 Å². The quantitative estimate of drug-likeness (QED) is 0.384. The van der Waals surface area contributed by atoms with Gasteiger partial charge >= 0.3 is 12.1 Å². The fraction of sp³-hybridized carbons (Fsp3) is 0.167. The van der Waals surface area contributed by atoms with E-state index < -0.39 is 21.8 Å². The van der Waals surface area contributed by atoms with E-state index in [9.17, 15) is 17.4 Å². The van der Waals surface area contributed by atoms with Gasteiger partial charge in [0.1, 0.15) is 5.65 Å². The fourth-order valence-electron chi connectivity index (χ4n) is 2.81. The minimum Gasteiger partial charge on any atom is -0.329 e. The molecule has 7 nitrogen and oxygen atoms in total. The largest absolute Gasteiger partial charge is 0.471 e. The number of imidazole rings is 1. The summed E-state index contributed by atoms with van der Waals surface area (Å²) < 4.78 is 61.1. The van der Waals surface area contributed by atoms with E-state index in [2.05, 4.69) is 24.0 Å². The Balaban J connectivity index is 1.64. The van der Waals surface area contributed by atoms with Crippen LogP contribution in [0.4, 0.5) is 13.2 Å². The first-order valence-corrected chi connectivity index (χ1v) is 11.2. The van der Waals surface area contributed by atoms with Gasteiger partial charge in [-0.25, -0.2) is 13.6 Å². The number of halogens is 5. The number of alkyl halides is 3. The Labute approximate surface area is 184 Å². The third kappa shape index (κ3) is 4.39. The molecule has 1 aromatic carbocycles. The Morgan fingerprint density at radius 3 is 2.48 bits per heavy atom. The zero-order chi connectivity index (χ0) is 22.4. The number of nitrogens with zero attached hydrogens (tertiary/aromatic N) is 5. The van der Waals surface area contributed by atoms with E-state index in [0.29, 0.717) is 16.9 Å². The number of hydrogen-bond donors (Lipinski definition) is 0. The molecule has 1 atom stereocenters. The minimum absolute atomic E-state index is 0.00826. The predicted molar refractivity (Wildman–Crippen MR) is 108 cm³/mol. The SMILES string of the molecule is CS(=O)(=NCc1cn2cc(-c3noc(C(F)(F)F)n3)ccc2n1)c1c(Cl)cccc1Cl. The van der Waals surface area contributed by atoms with E-state index in [-0.39, 0.29) is 27.3 Å². The highest BCUT2D eigenvalue weighted by atomic mass is 35.5. The lowest BCUT2D eigenvalue weighted by atomic mass is 10.3. The summed E-state index contributed by atoms with van der Waals surface area (Å²) in [5, 5.41) is 3.87. The second-order valence-corrected chi connectivity index (χ2v) is 9.56. The van der Waals surface area contributed by atoms with Gasteiger partial charge in [-0.2, -0.15) is 18.2 Å². The topological polar surface area (TPSA) is 85.7 Å². The molecule has 1 unspecified atom stereocenters. The molecule has 0 saturated heterocycles. The molecule has 0 N–H and O–H groups in total. The molecule has 4 rings (SSSR count). The zero-order valence-electron chi connectivity index (χ0n) is 15.6. The lowest BCUT2D eigenvalue weighted by Gasteiger charge is -2.08. The maximum absolute atomic E-state index is 13.1. The standard InChI is InChI=1S/C18H12Cl2F3N5O2S/c1-31(29,15-12(19)3-2-4-13(15)20)24-7-11-9-28-8-10(5-6-14(28)25-11)16-26-17(30-27-16)18(21,22)23/h2-6,8-9H,7H2,1H3. The van der Waals surface area contributed by atoms with Crippen molar-refractivity contribution in [3.8, 4) is 11.4 Å². The molecule has 31 heavy (non-hydrogen) atoms. The first-order chi connectivity index (χ1) is 14.5. The van der Waals surface area contributed by atoms with Crippen molar-refractivity contribution in [3.63, 3.8) is 0 Å². The summed E-state index contributed by atoms with van der Waals surface area (Å²) in [6, 6.07) is 7.90. The molecule has 13 heteroatoms. The number of hydrogen-bond acceptors (Lipinski definition) is 6. The van der Waals surface area contributed by atoms with Crippen LogP contribution in [0.5, 0.6) is 0 Å². The first kappa shape index (κ1) is 21.6. The van der Waals surface area contributed by atoms with Gasteiger partial charge in [0.05, 0.1) is 36.9 Å². The van der Waals surface area contributed by atoms with E-state index in [1.807, 2.05) is 0 Å². The molecule has 4 aromatic rings. The first-order valence-electron chi connectivity index (χ1n) is 8.55. The van der Waals surface area contributed by atoms with Crippen molar-refractivity contribution in [2.75, 3.05) is 6.26 Å². The maximum Gasteiger partial charge on any atom is 0.471 e. The molecular weight excluding hydrogens is 478 g/mol. The summed E-state index contributed by atoms with van der Waals surface area (Å²) in [5.74, 6) is -1.64. The van der Waals surface area contributed by atoms with E-state index in [0.717, 1.165) is 0 Å². The van der Waals surface area contributed by atoms with Crippen molar-refractivity contribution in [1.29, 1.82) is 0 Å². The van der Waals surface area contributed by atoms with Crippen LogP contribution in [0.2, 0.25) is 10.0 Å². The molecular formula is C18H12Cl2F3N5O2S. The molecule has 0 radical (unpaired) electrons. The molecule has 0 saturated carbocycles. The van der Waals surface area contributed by atoms with Crippen LogP contribution in [0.25, 0.3) is 17.0 Å². The summed E-state index contributed by atoms with van der Waals surface area (Å²) in [6.07, 6.45) is -0.179. The highest BCUT2D eigenvalue weighted by Crippen LogP contribution is 2.31. The molecule has 0 spiro atoms. The second-order valence-electron chi connectivity index (χ2n) is 6.48. The Kier molecular flexibility index (Phi) is 5.44. The molecule has 0 bridgehead atoms. The third-order valence-electron chi connectivity index (χ3n) is 4.20. The van der Waals surface area contributed by atoms with Gasteiger partial charge in [-0.1, -0.05) is 34.4 Å². The van der Waals surface area contributed by atoms with Crippen LogP contribution in [0, 0.1) is 0 Å². The zero-order valence-corrected chi connectivity index (χ0v) is 17.9. The van der Waals surface area contributed by atoms with Crippen molar-refractivity contribution in [1.82, 2.24) is 19.5 Å². The van der Waals surface area contributed by atoms with Crippen molar-refractivity contribution in [2.24, 2.45) is 4.36 Å². The number of rotatable bonds is 4. The maximum atomic E-state index is 13.1. The molecule has 0 aliphatic carbocycles. The molecule has 0 aliphatic heterocycles. The van der Waals surface area contributed by atoms with Crippen molar-refractivity contribution < 1.29 is 21.9 Å². The summed E-state index contributed by atoms with van der Waals surface area (Å²) in [5.41, 5.74) is 1.29. The summed E-state index contributed by atoms with van der Waals surface area (Å²) in [6.45, 7) is 0.00826. The average Bonchev–Trinajstić information content (AvgIpc) is 3.32. The van der Waals surface area contributed by atoms with E-state index in [1.165, 1.54) is 18.5 Å². The van der Waals surface area contributed by atoms with Crippen LogP contribution in [-0.4, -0.2) is 30.0 Å². The third-order valence-corrected chi connectivity index (χ3v) is 6.87. The van der Waals surface area contributed by atoms with Gasteiger partial charge in [-0.05, 0) is 24.3 Å². The average molecular weight is 490 g/mol. The van der Waals surface area contributed by atoms with Crippen LogP contribution < -0.4 is 0 Å². The summed E-state index contributed by atoms with van der Waals surface area (Å²) in [4.78, 5) is 7.98. The molecule has 3 heterocycles. The number of pyridine rings is 1. The van der Waals surface area contributed by atoms with Gasteiger partial charge in [0.15, 0.2) is 0 Å². The van der Waals surface area contributed by atoms with Crippen LogP contribution >= 0.6 is 23.2 Å². The predicted octanol–water partition coefficient (Wildman–Crippen LogP) is 5.37. The van der Waals surface area contributed by atoms with Crippen molar-refractivity contribution >= 4 is 38.6 Å². The fourth-order valence-corrected chi connectivity index (χ4v) is 5.43. The van der Waals surface area contributed by atoms with Crippen LogP contribution in [0.15, 0.2) is 56.5 Å². The highest BCUT2D eigenvalue weighted by molar-refractivity contribution is 7.93. The Morgan fingerprint density at radius 2 is 1.84 bits per heavy atom. The number of aromatic nitrogens is 4. The Bertz CT molecular complexity index is 1390. The Hall–Kier alpha value is -2.63. The number of fused-ring (bicyclic) bond motifs is 1. The van der Waals surface area contributed by atoms with E-state index in [1.54, 1.807) is 34.9 Å². The summed E-state index contributed by atoms with van der Waals surface area (Å²) in [7, 11) is -2.90. The van der Waals surface area contributed by atoms with E-state index in [4.69, 9.17) is 23.2 Å². The molecule has 3 aromatic heterocycles. The van der Waals surface area contributed by atoms with Crippen LogP contribution in [0.3, 0.4) is 0 Å². The van der Waals surface area contributed by atoms with Gasteiger partial charge in [0, 0.05) is 24.2 Å². The normalized spacial score (nSPS) is 14.0. The molecule has 0 aliphatic rings. The van der Waals surface area contributed by atoms with Gasteiger partial charge in [0.25, 0.3) is 0 Å². The minimum atomic E-state index is -4.73. The lowest BCUT2D eigenvalue weighted by Crippen LogP contribution is -2.04. The summed E-state index contributed by atoms with van der Waals surface area (Å²) >= 11 is 12.3. The van der Waals surface area contributed by atoms with E-state index >= 15 is 0 Å².